The van der Waals surface area contributed by atoms with E-state index in [2.05, 4.69) is 27.7 Å². The van der Waals surface area contributed by atoms with E-state index in [9.17, 15) is 0 Å². The van der Waals surface area contributed by atoms with E-state index in [4.69, 9.17) is 10.5 Å². The van der Waals surface area contributed by atoms with E-state index in [-0.39, 0.29) is 5.41 Å². The first-order valence-electron chi connectivity index (χ1n) is 7.45. The van der Waals surface area contributed by atoms with Gasteiger partial charge in [0.2, 0.25) is 0 Å². The summed E-state index contributed by atoms with van der Waals surface area (Å²) < 4.78 is 6.16. The van der Waals surface area contributed by atoms with E-state index in [1.807, 2.05) is 0 Å². The van der Waals surface area contributed by atoms with Crippen molar-refractivity contribution in [1.29, 1.82) is 0 Å². The third-order valence-electron chi connectivity index (χ3n) is 4.67. The first-order valence-corrected chi connectivity index (χ1v) is 7.45. The van der Waals surface area contributed by atoms with Crippen LogP contribution in [0.4, 0.5) is 0 Å². The first-order chi connectivity index (χ1) is 8.04. The summed E-state index contributed by atoms with van der Waals surface area (Å²) >= 11 is 0. The van der Waals surface area contributed by atoms with Crippen molar-refractivity contribution in [2.75, 3.05) is 0 Å². The van der Waals surface area contributed by atoms with Crippen molar-refractivity contribution in [2.45, 2.75) is 90.9 Å². The molecule has 2 nitrogen and oxygen atoms in total. The van der Waals surface area contributed by atoms with E-state index in [1.165, 1.54) is 32.1 Å². The van der Waals surface area contributed by atoms with Gasteiger partial charge in [-0.1, -0.05) is 46.5 Å². The van der Waals surface area contributed by atoms with Gasteiger partial charge in [0.25, 0.3) is 0 Å². The largest absolute Gasteiger partial charge is 0.375 e. The summed E-state index contributed by atoms with van der Waals surface area (Å²) in [6.07, 6.45) is 9.47. The highest BCUT2D eigenvalue weighted by Gasteiger charge is 2.49. The van der Waals surface area contributed by atoms with E-state index in [0.717, 1.165) is 12.8 Å². The Morgan fingerprint density at radius 1 is 1.29 bits per heavy atom. The van der Waals surface area contributed by atoms with Crippen LogP contribution >= 0.6 is 0 Å². The minimum atomic E-state index is 0.220. The third-order valence-corrected chi connectivity index (χ3v) is 4.67. The van der Waals surface area contributed by atoms with Crippen molar-refractivity contribution in [3.05, 3.63) is 0 Å². The molecular weight excluding hydrogens is 210 g/mol. The molecule has 0 amide bonds. The molecule has 0 aliphatic heterocycles. The lowest BCUT2D eigenvalue weighted by atomic mass is 9.62. The van der Waals surface area contributed by atoms with Crippen LogP contribution in [0.15, 0.2) is 0 Å². The molecule has 1 rings (SSSR count). The second-order valence-electron chi connectivity index (χ2n) is 5.99. The van der Waals surface area contributed by atoms with Gasteiger partial charge >= 0.3 is 0 Å². The second-order valence-corrected chi connectivity index (χ2v) is 5.99. The summed E-state index contributed by atoms with van der Waals surface area (Å²) in [6, 6.07) is 0.338. The van der Waals surface area contributed by atoms with E-state index >= 15 is 0 Å². The smallest absolute Gasteiger partial charge is 0.0661 e. The van der Waals surface area contributed by atoms with Crippen LogP contribution in [0.5, 0.6) is 0 Å². The van der Waals surface area contributed by atoms with Gasteiger partial charge in [-0.2, -0.15) is 0 Å². The molecule has 0 saturated heterocycles. The molecule has 1 aliphatic rings. The normalized spacial score (nSPS) is 34.4. The maximum atomic E-state index is 6.16. The van der Waals surface area contributed by atoms with Crippen LogP contribution in [0.1, 0.15) is 72.6 Å². The number of rotatable bonds is 8. The Bertz CT molecular complexity index is 219. The van der Waals surface area contributed by atoms with Gasteiger partial charge in [-0.3, -0.25) is 0 Å². The number of nitrogens with two attached hydrogens (primary N) is 1. The van der Waals surface area contributed by atoms with Gasteiger partial charge in [-0.05, 0) is 26.2 Å². The van der Waals surface area contributed by atoms with Gasteiger partial charge < -0.3 is 10.5 Å². The Kier molecular flexibility index (Phi) is 5.94. The Morgan fingerprint density at radius 2 is 2.00 bits per heavy atom. The fourth-order valence-electron chi connectivity index (χ4n) is 2.76. The number of hydrogen-bond acceptors (Lipinski definition) is 2. The standard InChI is InChI=1S/C15H31NO/c1-5-7-8-9-10-12(3)17-14-11-13(16)15(14,4)6-2/h12-14H,5-11,16H2,1-4H3. The Balaban J connectivity index is 2.21. The predicted molar refractivity (Wildman–Crippen MR) is 74.1 cm³/mol. The van der Waals surface area contributed by atoms with Gasteiger partial charge in [-0.25, -0.2) is 0 Å². The summed E-state index contributed by atoms with van der Waals surface area (Å²) in [7, 11) is 0. The zero-order valence-electron chi connectivity index (χ0n) is 12.2. The molecule has 2 heteroatoms. The Morgan fingerprint density at radius 3 is 2.53 bits per heavy atom. The third kappa shape index (κ3) is 3.69. The van der Waals surface area contributed by atoms with E-state index < -0.39 is 0 Å². The van der Waals surface area contributed by atoms with Gasteiger partial charge in [0.05, 0.1) is 12.2 Å². The van der Waals surface area contributed by atoms with Crippen LogP contribution in [-0.4, -0.2) is 18.2 Å². The summed E-state index contributed by atoms with van der Waals surface area (Å²) in [5, 5.41) is 0. The monoisotopic (exact) mass is 241 g/mol. The average molecular weight is 241 g/mol. The minimum absolute atomic E-state index is 0.220. The van der Waals surface area contributed by atoms with Gasteiger partial charge in [0.1, 0.15) is 0 Å². The summed E-state index contributed by atoms with van der Waals surface area (Å²) in [4.78, 5) is 0. The summed E-state index contributed by atoms with van der Waals surface area (Å²) in [5.74, 6) is 0. The molecule has 0 aromatic rings. The zero-order valence-corrected chi connectivity index (χ0v) is 12.2. The quantitative estimate of drug-likeness (QED) is 0.655. The second kappa shape index (κ2) is 6.75. The van der Waals surface area contributed by atoms with Crippen molar-refractivity contribution in [2.24, 2.45) is 11.1 Å². The SMILES string of the molecule is CCCCCCC(C)OC1CC(N)C1(C)CC. The lowest BCUT2D eigenvalue weighted by Crippen LogP contribution is -2.60. The molecule has 0 bridgehead atoms. The molecule has 102 valence electrons. The molecule has 4 atom stereocenters. The Labute approximate surface area is 107 Å². The van der Waals surface area contributed by atoms with E-state index in [0.29, 0.717) is 18.2 Å². The average Bonchev–Trinajstić information content (AvgIpc) is 2.33. The number of unbranched alkanes of at least 4 members (excludes halogenated alkanes) is 3. The van der Waals surface area contributed by atoms with Crippen LogP contribution in [-0.2, 0) is 4.74 Å². The summed E-state index contributed by atoms with van der Waals surface area (Å²) in [5.41, 5.74) is 6.31. The van der Waals surface area contributed by atoms with Gasteiger partial charge in [0.15, 0.2) is 0 Å². The maximum Gasteiger partial charge on any atom is 0.0661 e. The number of hydrogen-bond donors (Lipinski definition) is 1. The van der Waals surface area contributed by atoms with Crippen LogP contribution in [0, 0.1) is 5.41 Å². The molecule has 0 heterocycles. The van der Waals surface area contributed by atoms with Crippen molar-refractivity contribution in [3.63, 3.8) is 0 Å². The molecule has 1 fully saturated rings. The molecule has 0 radical (unpaired) electrons. The molecule has 2 N–H and O–H groups in total. The van der Waals surface area contributed by atoms with Crippen molar-refractivity contribution in [3.8, 4) is 0 Å². The fraction of sp³-hybridized carbons (Fsp3) is 1.00. The lowest BCUT2D eigenvalue weighted by Gasteiger charge is -2.52. The van der Waals surface area contributed by atoms with E-state index in [1.54, 1.807) is 0 Å². The molecule has 1 aliphatic carbocycles. The predicted octanol–water partition coefficient (Wildman–Crippen LogP) is 3.88. The number of ether oxygens (including phenoxy) is 1. The van der Waals surface area contributed by atoms with Crippen LogP contribution in [0.2, 0.25) is 0 Å². The Hall–Kier alpha value is -0.0800. The van der Waals surface area contributed by atoms with Crippen molar-refractivity contribution >= 4 is 0 Å². The molecule has 4 unspecified atom stereocenters. The highest BCUT2D eigenvalue weighted by Crippen LogP contribution is 2.45. The van der Waals surface area contributed by atoms with Crippen LogP contribution in [0.3, 0.4) is 0 Å². The van der Waals surface area contributed by atoms with Crippen molar-refractivity contribution in [1.82, 2.24) is 0 Å². The molecule has 0 spiro atoms. The minimum Gasteiger partial charge on any atom is -0.375 e. The zero-order chi connectivity index (χ0) is 12.9. The first kappa shape index (κ1) is 15.0. The molecule has 0 aromatic carbocycles. The molecule has 17 heavy (non-hydrogen) atoms. The highest BCUT2D eigenvalue weighted by molar-refractivity contribution is 5.03. The molecule has 1 saturated carbocycles. The van der Waals surface area contributed by atoms with Gasteiger partial charge in [-0.15, -0.1) is 0 Å². The maximum absolute atomic E-state index is 6.16. The van der Waals surface area contributed by atoms with Gasteiger partial charge in [0, 0.05) is 11.5 Å². The highest BCUT2D eigenvalue weighted by atomic mass is 16.5. The fourth-order valence-corrected chi connectivity index (χ4v) is 2.76. The molecular formula is C15H31NO. The van der Waals surface area contributed by atoms with Crippen LogP contribution in [0.25, 0.3) is 0 Å². The van der Waals surface area contributed by atoms with Crippen molar-refractivity contribution < 1.29 is 4.74 Å². The lowest BCUT2D eigenvalue weighted by molar-refractivity contribution is -0.146. The van der Waals surface area contributed by atoms with Crippen LogP contribution < -0.4 is 5.73 Å². The topological polar surface area (TPSA) is 35.2 Å². The summed E-state index contributed by atoms with van der Waals surface area (Å²) in [6.45, 7) is 8.96. The molecule has 0 aromatic heterocycles.